The van der Waals surface area contributed by atoms with Crippen LogP contribution < -0.4 is 10.6 Å². The fourth-order valence-corrected chi connectivity index (χ4v) is 3.09. The van der Waals surface area contributed by atoms with Crippen LogP contribution in [0.2, 0.25) is 5.15 Å². The van der Waals surface area contributed by atoms with Gasteiger partial charge in [-0.3, -0.25) is 5.32 Å². The second-order valence-electron chi connectivity index (χ2n) is 5.28. The van der Waals surface area contributed by atoms with Gasteiger partial charge in [0.1, 0.15) is 4.88 Å². The van der Waals surface area contributed by atoms with Crippen LogP contribution in [0.1, 0.15) is 23.6 Å². The van der Waals surface area contributed by atoms with Crippen molar-refractivity contribution < 1.29 is 22.7 Å². The molecule has 0 fully saturated rings. The van der Waals surface area contributed by atoms with Gasteiger partial charge in [-0.05, 0) is 6.92 Å². The van der Waals surface area contributed by atoms with Crippen molar-refractivity contribution in [2.45, 2.75) is 19.2 Å². The molecule has 3 aromatic rings. The summed E-state index contributed by atoms with van der Waals surface area (Å²) in [7, 11) is 1.47. The van der Waals surface area contributed by atoms with Crippen molar-refractivity contribution in [1.82, 2.24) is 19.6 Å². The molecule has 0 radical (unpaired) electrons. The molecule has 3 aromatic heterocycles. The average molecular weight is 421 g/mol. The highest BCUT2D eigenvalue weighted by Crippen LogP contribution is 2.35. The Kier molecular flexibility index (Phi) is 5.22. The van der Waals surface area contributed by atoms with Crippen LogP contribution in [0.3, 0.4) is 0 Å². The van der Waals surface area contributed by atoms with Gasteiger partial charge in [-0.15, -0.1) is 0 Å². The van der Waals surface area contributed by atoms with Gasteiger partial charge < -0.3 is 10.1 Å². The first kappa shape index (κ1) is 19.3. The first-order valence-electron chi connectivity index (χ1n) is 7.37. The van der Waals surface area contributed by atoms with Crippen LogP contribution in [0.15, 0.2) is 18.5 Å². The predicted molar refractivity (Wildman–Crippen MR) is 93.2 cm³/mol. The van der Waals surface area contributed by atoms with Gasteiger partial charge >= 0.3 is 12.2 Å². The van der Waals surface area contributed by atoms with Gasteiger partial charge in [0, 0.05) is 13.2 Å². The summed E-state index contributed by atoms with van der Waals surface area (Å²) in [5, 5.41) is 8.87. The van der Waals surface area contributed by atoms with E-state index in [2.05, 4.69) is 25.7 Å². The SMILES string of the molecule is CO[C@@H](C)c1c(NC(=O)Nc2ncc(C(F)(F)F)s2)cnc2cc(Cl)nn12. The number of alkyl halides is 3. The van der Waals surface area contributed by atoms with Crippen molar-refractivity contribution in [3.05, 3.63) is 34.2 Å². The number of nitrogens with one attached hydrogen (secondary N) is 2. The molecule has 27 heavy (non-hydrogen) atoms. The average Bonchev–Trinajstić information content (AvgIpc) is 3.19. The number of fused-ring (bicyclic) bond motifs is 1. The lowest BCUT2D eigenvalue weighted by atomic mass is 10.2. The van der Waals surface area contributed by atoms with Gasteiger partial charge in [-0.25, -0.2) is 19.3 Å². The van der Waals surface area contributed by atoms with E-state index in [1.165, 1.54) is 23.9 Å². The van der Waals surface area contributed by atoms with Gasteiger partial charge in [-0.2, -0.15) is 18.3 Å². The summed E-state index contributed by atoms with van der Waals surface area (Å²) in [4.78, 5) is 18.9. The molecule has 8 nitrogen and oxygen atoms in total. The molecule has 0 aliphatic rings. The minimum absolute atomic E-state index is 0.197. The first-order valence-corrected chi connectivity index (χ1v) is 8.56. The normalized spacial score (nSPS) is 13.0. The monoisotopic (exact) mass is 420 g/mol. The lowest BCUT2D eigenvalue weighted by Crippen LogP contribution is -2.22. The Morgan fingerprint density at radius 3 is 2.70 bits per heavy atom. The molecule has 0 bridgehead atoms. The molecule has 3 rings (SSSR count). The lowest BCUT2D eigenvalue weighted by molar-refractivity contribution is -0.134. The fourth-order valence-electron chi connectivity index (χ4n) is 2.24. The number of hydrogen-bond donors (Lipinski definition) is 2. The fraction of sp³-hybridized carbons (Fsp3) is 0.286. The number of thiazole rings is 1. The number of aromatic nitrogens is 4. The summed E-state index contributed by atoms with van der Waals surface area (Å²) >= 11 is 6.21. The summed E-state index contributed by atoms with van der Waals surface area (Å²) in [5.74, 6) is 0. The van der Waals surface area contributed by atoms with E-state index < -0.39 is 23.2 Å². The Balaban J connectivity index is 1.85. The maximum atomic E-state index is 12.6. The largest absolute Gasteiger partial charge is 0.427 e. The number of nitrogens with zero attached hydrogens (tertiary/aromatic N) is 4. The molecule has 2 N–H and O–H groups in total. The highest BCUT2D eigenvalue weighted by atomic mass is 35.5. The zero-order valence-electron chi connectivity index (χ0n) is 13.8. The first-order chi connectivity index (χ1) is 12.7. The number of rotatable bonds is 4. The topological polar surface area (TPSA) is 93.4 Å². The highest BCUT2D eigenvalue weighted by Gasteiger charge is 2.33. The van der Waals surface area contributed by atoms with Crippen LogP contribution >= 0.6 is 22.9 Å². The number of carbonyl (C=O) groups excluding carboxylic acids is 1. The molecule has 0 aliphatic carbocycles. The Hall–Kier alpha value is -2.44. The Bertz CT molecular complexity index is 989. The van der Waals surface area contributed by atoms with Crippen molar-refractivity contribution in [2.75, 3.05) is 17.7 Å². The highest BCUT2D eigenvalue weighted by molar-refractivity contribution is 7.15. The summed E-state index contributed by atoms with van der Waals surface area (Å²) < 4.78 is 44.6. The summed E-state index contributed by atoms with van der Waals surface area (Å²) in [5.41, 5.74) is 1.15. The van der Waals surface area contributed by atoms with Gasteiger partial charge in [0.05, 0.1) is 29.9 Å². The predicted octanol–water partition coefficient (Wildman–Crippen LogP) is 4.21. The van der Waals surface area contributed by atoms with E-state index in [0.717, 1.165) is 0 Å². The van der Waals surface area contributed by atoms with Gasteiger partial charge in [0.15, 0.2) is 15.9 Å². The number of methoxy groups -OCH3 is 1. The van der Waals surface area contributed by atoms with Crippen molar-refractivity contribution >= 4 is 45.4 Å². The van der Waals surface area contributed by atoms with E-state index >= 15 is 0 Å². The summed E-state index contributed by atoms with van der Waals surface area (Å²) in [6.45, 7) is 1.73. The third kappa shape index (κ3) is 4.12. The standard InChI is InChI=1S/C14H12ClF3N6O2S/c1-6(26-2)11-7(4-19-10-3-9(15)23-24(10)11)21-12(25)22-13-20-5-8(27-13)14(16,17)18/h3-6H,1-2H3,(H2,20,21,22,25)/t6-/m0/s1. The van der Waals surface area contributed by atoms with Crippen LogP contribution in [-0.4, -0.2) is 32.7 Å². The molecular weight excluding hydrogens is 409 g/mol. The van der Waals surface area contributed by atoms with E-state index in [0.29, 0.717) is 28.9 Å². The van der Waals surface area contributed by atoms with E-state index in [-0.39, 0.29) is 16.0 Å². The Labute approximate surface area is 159 Å². The number of anilines is 2. The second kappa shape index (κ2) is 7.29. The molecule has 0 unspecified atom stereocenters. The number of amides is 2. The molecule has 0 aliphatic heterocycles. The van der Waals surface area contributed by atoms with Crippen molar-refractivity contribution in [2.24, 2.45) is 0 Å². The van der Waals surface area contributed by atoms with Gasteiger partial charge in [0.2, 0.25) is 0 Å². The Morgan fingerprint density at radius 2 is 2.07 bits per heavy atom. The molecule has 0 spiro atoms. The number of halogens is 4. The van der Waals surface area contributed by atoms with E-state index in [1.54, 1.807) is 6.92 Å². The smallest absolute Gasteiger partial charge is 0.375 e. The lowest BCUT2D eigenvalue weighted by Gasteiger charge is -2.16. The zero-order chi connectivity index (χ0) is 19.8. The quantitative estimate of drug-likeness (QED) is 0.659. The second-order valence-corrected chi connectivity index (χ2v) is 6.70. The number of ether oxygens (including phenoxy) is 1. The van der Waals surface area contributed by atoms with Crippen LogP contribution in [-0.2, 0) is 10.9 Å². The molecule has 3 heterocycles. The molecule has 0 aromatic carbocycles. The van der Waals surface area contributed by atoms with Crippen LogP contribution in [0.4, 0.5) is 28.8 Å². The zero-order valence-corrected chi connectivity index (χ0v) is 15.4. The van der Waals surface area contributed by atoms with Crippen molar-refractivity contribution in [1.29, 1.82) is 0 Å². The molecule has 13 heteroatoms. The molecule has 144 valence electrons. The minimum atomic E-state index is -4.52. The molecule has 0 saturated heterocycles. The molecular formula is C14H12ClF3N6O2S. The van der Waals surface area contributed by atoms with Crippen LogP contribution in [0.5, 0.6) is 0 Å². The van der Waals surface area contributed by atoms with Crippen LogP contribution in [0.25, 0.3) is 5.65 Å². The van der Waals surface area contributed by atoms with Crippen molar-refractivity contribution in [3.8, 4) is 0 Å². The maximum Gasteiger partial charge on any atom is 0.427 e. The van der Waals surface area contributed by atoms with E-state index in [9.17, 15) is 18.0 Å². The van der Waals surface area contributed by atoms with Gasteiger partial charge in [0.25, 0.3) is 0 Å². The number of hydrogen-bond acceptors (Lipinski definition) is 6. The maximum absolute atomic E-state index is 12.6. The third-order valence-corrected chi connectivity index (χ3v) is 4.63. The van der Waals surface area contributed by atoms with Crippen molar-refractivity contribution in [3.63, 3.8) is 0 Å². The van der Waals surface area contributed by atoms with E-state index in [4.69, 9.17) is 16.3 Å². The Morgan fingerprint density at radius 1 is 1.33 bits per heavy atom. The van der Waals surface area contributed by atoms with E-state index in [1.807, 2.05) is 0 Å². The number of urea groups is 1. The summed E-state index contributed by atoms with van der Waals surface area (Å²) in [6.07, 6.45) is -2.99. The molecule has 0 saturated carbocycles. The minimum Gasteiger partial charge on any atom is -0.375 e. The number of carbonyl (C=O) groups is 1. The molecule has 2 amide bonds. The molecule has 1 atom stereocenters. The van der Waals surface area contributed by atoms with Crippen LogP contribution in [0, 0.1) is 0 Å². The third-order valence-electron chi connectivity index (χ3n) is 3.48. The van der Waals surface area contributed by atoms with Gasteiger partial charge in [-0.1, -0.05) is 22.9 Å². The summed E-state index contributed by atoms with van der Waals surface area (Å²) in [6, 6.07) is 0.743.